The number of pyridine rings is 1. The summed E-state index contributed by atoms with van der Waals surface area (Å²) in [5.41, 5.74) is 1.44. The van der Waals surface area contributed by atoms with Crippen LogP contribution in [0.5, 0.6) is 0 Å². The summed E-state index contributed by atoms with van der Waals surface area (Å²) in [7, 11) is 0. The molecule has 1 saturated heterocycles. The Labute approximate surface area is 149 Å². The predicted molar refractivity (Wildman–Crippen MR) is 93.4 cm³/mol. The van der Waals surface area contributed by atoms with Gasteiger partial charge in [0.1, 0.15) is 17.8 Å². The Balaban J connectivity index is 1.74. The molecule has 4 rings (SSSR count). The summed E-state index contributed by atoms with van der Waals surface area (Å²) in [6, 6.07) is 7.41. The van der Waals surface area contributed by atoms with Crippen molar-refractivity contribution >= 4 is 11.6 Å². The number of alkyl halides is 2. The average molecular weight is 358 g/mol. The van der Waals surface area contributed by atoms with E-state index in [1.165, 1.54) is 12.4 Å². The number of rotatable bonds is 3. The largest absolute Gasteiger partial charge is 0.356 e. The maximum Gasteiger partial charge on any atom is 0.280 e. The average Bonchev–Trinajstić information content (AvgIpc) is 3.10. The van der Waals surface area contributed by atoms with Gasteiger partial charge in [-0.15, -0.1) is 0 Å². The normalized spacial score (nSPS) is 20.9. The van der Waals surface area contributed by atoms with E-state index in [0.717, 1.165) is 30.2 Å². The van der Waals surface area contributed by atoms with Crippen molar-refractivity contribution in [1.29, 1.82) is 0 Å². The van der Waals surface area contributed by atoms with Gasteiger partial charge >= 0.3 is 0 Å². The quantitative estimate of drug-likeness (QED) is 0.718. The van der Waals surface area contributed by atoms with E-state index >= 15 is 0 Å². The molecule has 1 aliphatic heterocycles. The molecule has 4 heterocycles. The number of nitrogens with zero attached hydrogens (tertiary/aromatic N) is 6. The van der Waals surface area contributed by atoms with Crippen molar-refractivity contribution in [1.82, 2.24) is 24.6 Å². The maximum absolute atomic E-state index is 13.3. The van der Waals surface area contributed by atoms with Crippen molar-refractivity contribution < 1.29 is 8.78 Å². The van der Waals surface area contributed by atoms with Gasteiger partial charge in [0.25, 0.3) is 12.2 Å². The van der Waals surface area contributed by atoms with Crippen LogP contribution in [0.3, 0.4) is 0 Å². The van der Waals surface area contributed by atoms with E-state index in [9.17, 15) is 8.78 Å². The van der Waals surface area contributed by atoms with Gasteiger partial charge in [0, 0.05) is 24.7 Å². The Morgan fingerprint density at radius 2 is 2.08 bits per heavy atom. The standard InChI is InChI=1S/C18H20F2N6/c1-11-6-7-25(16-5-3-4-12(2)23-16)9-13(11)15-8-14(17(19)20)24-18-21-10-22-26(15)18/h3-5,8,10-11,13,17H,6-7,9H2,1-2H3/t11-,13?/m1/s1. The molecule has 1 aliphatic rings. The van der Waals surface area contributed by atoms with Gasteiger partial charge in [-0.3, -0.25) is 0 Å². The van der Waals surface area contributed by atoms with Gasteiger partial charge in [-0.05, 0) is 37.5 Å². The minimum Gasteiger partial charge on any atom is -0.356 e. The number of anilines is 1. The van der Waals surface area contributed by atoms with Crippen LogP contribution >= 0.6 is 0 Å². The molecule has 1 fully saturated rings. The highest BCUT2D eigenvalue weighted by molar-refractivity contribution is 5.42. The number of aryl methyl sites for hydroxylation is 1. The molecular weight excluding hydrogens is 338 g/mol. The molecule has 26 heavy (non-hydrogen) atoms. The fraction of sp³-hybridized carbons (Fsp3) is 0.444. The number of aromatic nitrogens is 5. The van der Waals surface area contributed by atoms with Gasteiger partial charge < -0.3 is 4.90 Å². The topological polar surface area (TPSA) is 59.2 Å². The molecule has 1 unspecified atom stereocenters. The Morgan fingerprint density at radius 3 is 2.85 bits per heavy atom. The Morgan fingerprint density at radius 1 is 1.23 bits per heavy atom. The second kappa shape index (κ2) is 6.59. The smallest absolute Gasteiger partial charge is 0.280 e. The molecule has 0 aromatic carbocycles. The molecule has 3 aromatic rings. The zero-order chi connectivity index (χ0) is 18.3. The van der Waals surface area contributed by atoms with E-state index in [-0.39, 0.29) is 17.4 Å². The summed E-state index contributed by atoms with van der Waals surface area (Å²) >= 11 is 0. The maximum atomic E-state index is 13.3. The van der Waals surface area contributed by atoms with Gasteiger partial charge in [-0.25, -0.2) is 23.3 Å². The van der Waals surface area contributed by atoms with E-state index in [1.807, 2.05) is 25.1 Å². The highest BCUT2D eigenvalue weighted by Crippen LogP contribution is 2.35. The van der Waals surface area contributed by atoms with E-state index in [0.29, 0.717) is 12.5 Å². The van der Waals surface area contributed by atoms with Crippen molar-refractivity contribution in [3.8, 4) is 0 Å². The Bertz CT molecular complexity index is 925. The lowest BCUT2D eigenvalue weighted by Gasteiger charge is -2.38. The number of hydrogen-bond acceptors (Lipinski definition) is 5. The molecule has 8 heteroatoms. The van der Waals surface area contributed by atoms with Crippen molar-refractivity contribution in [3.63, 3.8) is 0 Å². The van der Waals surface area contributed by atoms with E-state index in [1.54, 1.807) is 4.52 Å². The molecule has 0 bridgehead atoms. The molecule has 0 radical (unpaired) electrons. The third kappa shape index (κ3) is 3.00. The first-order valence-corrected chi connectivity index (χ1v) is 8.70. The molecule has 0 amide bonds. The highest BCUT2D eigenvalue weighted by Gasteiger charge is 2.31. The SMILES string of the molecule is Cc1cccc(N2CC[C@@H](C)C(c3cc(C(F)F)nc4ncnn34)C2)n1. The van der Waals surface area contributed by atoms with Gasteiger partial charge in [0.05, 0.1) is 5.69 Å². The third-order valence-electron chi connectivity index (χ3n) is 5.06. The molecule has 136 valence electrons. The third-order valence-corrected chi connectivity index (χ3v) is 5.06. The van der Waals surface area contributed by atoms with E-state index < -0.39 is 6.43 Å². The lowest BCUT2D eigenvalue weighted by molar-refractivity contribution is 0.146. The molecule has 3 aromatic heterocycles. The zero-order valence-corrected chi connectivity index (χ0v) is 14.7. The van der Waals surface area contributed by atoms with Crippen LogP contribution in [0.25, 0.3) is 5.78 Å². The first-order valence-electron chi connectivity index (χ1n) is 8.70. The zero-order valence-electron chi connectivity index (χ0n) is 14.7. The van der Waals surface area contributed by atoms with Crippen LogP contribution < -0.4 is 4.90 Å². The molecule has 0 saturated carbocycles. The minimum absolute atomic E-state index is 0.0377. The van der Waals surface area contributed by atoms with Crippen LogP contribution in [-0.2, 0) is 0 Å². The van der Waals surface area contributed by atoms with Crippen LogP contribution in [0, 0.1) is 12.8 Å². The van der Waals surface area contributed by atoms with E-state index in [4.69, 9.17) is 0 Å². The molecular formula is C18H20F2N6. The number of hydrogen-bond donors (Lipinski definition) is 0. The second-order valence-corrected chi connectivity index (χ2v) is 6.83. The van der Waals surface area contributed by atoms with Gasteiger partial charge in [0.15, 0.2) is 0 Å². The molecule has 0 spiro atoms. The lowest BCUT2D eigenvalue weighted by Crippen LogP contribution is -2.39. The van der Waals surface area contributed by atoms with Crippen molar-refractivity contribution in [2.24, 2.45) is 5.92 Å². The summed E-state index contributed by atoms with van der Waals surface area (Å²) in [5.74, 6) is 1.50. The molecule has 0 aliphatic carbocycles. The van der Waals surface area contributed by atoms with E-state index in [2.05, 4.69) is 31.9 Å². The minimum atomic E-state index is -2.64. The summed E-state index contributed by atoms with van der Waals surface area (Å²) in [6.45, 7) is 5.70. The monoisotopic (exact) mass is 358 g/mol. The van der Waals surface area contributed by atoms with Crippen LogP contribution in [0.4, 0.5) is 14.6 Å². The van der Waals surface area contributed by atoms with Crippen molar-refractivity contribution in [2.75, 3.05) is 18.0 Å². The summed E-state index contributed by atoms with van der Waals surface area (Å²) in [4.78, 5) is 14.7. The van der Waals surface area contributed by atoms with Crippen LogP contribution in [0.2, 0.25) is 0 Å². The van der Waals surface area contributed by atoms with Crippen LogP contribution in [0.1, 0.15) is 42.8 Å². The van der Waals surface area contributed by atoms with Gasteiger partial charge in [-0.2, -0.15) is 10.1 Å². The van der Waals surface area contributed by atoms with Crippen molar-refractivity contribution in [2.45, 2.75) is 32.6 Å². The molecule has 6 nitrogen and oxygen atoms in total. The van der Waals surface area contributed by atoms with Gasteiger partial charge in [0.2, 0.25) is 0 Å². The summed E-state index contributed by atoms with van der Waals surface area (Å²) in [5, 5.41) is 4.20. The highest BCUT2D eigenvalue weighted by atomic mass is 19.3. The predicted octanol–water partition coefficient (Wildman–Crippen LogP) is 3.40. The number of halogens is 2. The summed E-state index contributed by atoms with van der Waals surface area (Å²) in [6.07, 6.45) is -0.332. The Kier molecular flexibility index (Phi) is 4.26. The van der Waals surface area contributed by atoms with Crippen molar-refractivity contribution in [3.05, 3.63) is 47.7 Å². The second-order valence-electron chi connectivity index (χ2n) is 6.83. The first-order chi connectivity index (χ1) is 12.5. The molecule has 2 atom stereocenters. The lowest BCUT2D eigenvalue weighted by atomic mass is 9.84. The first kappa shape index (κ1) is 16.8. The fourth-order valence-electron chi connectivity index (χ4n) is 3.60. The Hall–Kier alpha value is -2.64. The van der Waals surface area contributed by atoms with Crippen LogP contribution in [0.15, 0.2) is 30.6 Å². The molecule has 0 N–H and O–H groups in total. The van der Waals surface area contributed by atoms with Crippen LogP contribution in [-0.4, -0.2) is 37.7 Å². The number of fused-ring (bicyclic) bond motifs is 1. The van der Waals surface area contributed by atoms with Gasteiger partial charge in [-0.1, -0.05) is 13.0 Å². The number of piperidine rings is 1. The fourth-order valence-corrected chi connectivity index (χ4v) is 3.60. The summed E-state index contributed by atoms with van der Waals surface area (Å²) < 4.78 is 28.2.